The largest absolute Gasteiger partial charge is 0.343 e. The molecule has 10 heavy (non-hydrogen) atoms. The molecule has 0 spiro atoms. The highest BCUT2D eigenvalue weighted by molar-refractivity contribution is 5.71. The van der Waals surface area contributed by atoms with E-state index in [1.807, 2.05) is 17.2 Å². The minimum atomic E-state index is -0.242. The molecule has 1 aliphatic rings. The molecule has 0 fully saturated rings. The number of aliphatic imine (C=N–C) groups is 1. The van der Waals surface area contributed by atoms with Crippen LogP contribution in [0.2, 0.25) is 0 Å². The normalized spacial score (nSPS) is 23.8. The van der Waals surface area contributed by atoms with E-state index in [-0.39, 0.29) is 6.29 Å². The molecule has 1 heterocycles. The molecule has 4 nitrogen and oxygen atoms in total. The van der Waals surface area contributed by atoms with Crippen molar-refractivity contribution < 1.29 is 0 Å². The van der Waals surface area contributed by atoms with Crippen molar-refractivity contribution in [3.8, 4) is 0 Å². The maximum atomic E-state index is 5.59. The summed E-state index contributed by atoms with van der Waals surface area (Å²) in [4.78, 5) is 5.86. The highest BCUT2D eigenvalue weighted by Gasteiger charge is 2.07. The summed E-state index contributed by atoms with van der Waals surface area (Å²) in [6.45, 7) is 1.36. The topological polar surface area (TPSA) is 67.6 Å². The van der Waals surface area contributed by atoms with Crippen LogP contribution in [0, 0.1) is 0 Å². The van der Waals surface area contributed by atoms with Crippen molar-refractivity contribution in [1.82, 2.24) is 4.90 Å². The molecule has 0 radical (unpaired) electrons. The van der Waals surface area contributed by atoms with E-state index in [1.54, 1.807) is 6.21 Å². The number of allylic oxidation sites excluding steroid dienone is 1. The summed E-state index contributed by atoms with van der Waals surface area (Å²) in [7, 11) is 0. The van der Waals surface area contributed by atoms with Crippen molar-refractivity contribution in [2.45, 2.75) is 6.29 Å². The fraction of sp³-hybridized carbons (Fsp3) is 0.500. The zero-order valence-corrected chi connectivity index (χ0v) is 5.77. The lowest BCUT2D eigenvalue weighted by Crippen LogP contribution is -2.40. The highest BCUT2D eigenvalue weighted by atomic mass is 15.3. The van der Waals surface area contributed by atoms with E-state index in [9.17, 15) is 0 Å². The van der Waals surface area contributed by atoms with E-state index >= 15 is 0 Å². The molecule has 4 N–H and O–H groups in total. The van der Waals surface area contributed by atoms with Gasteiger partial charge < -0.3 is 10.6 Å². The monoisotopic (exact) mass is 140 g/mol. The van der Waals surface area contributed by atoms with Crippen LogP contribution in [0.25, 0.3) is 0 Å². The van der Waals surface area contributed by atoms with Gasteiger partial charge in [-0.05, 0) is 6.08 Å². The van der Waals surface area contributed by atoms with Crippen LogP contribution in [0.5, 0.6) is 0 Å². The van der Waals surface area contributed by atoms with Crippen LogP contribution in [0.15, 0.2) is 17.3 Å². The summed E-state index contributed by atoms with van der Waals surface area (Å²) in [5.74, 6) is 0. The van der Waals surface area contributed by atoms with Crippen molar-refractivity contribution >= 4 is 6.21 Å². The molecule has 56 valence electrons. The van der Waals surface area contributed by atoms with Crippen LogP contribution in [0.1, 0.15) is 0 Å². The number of hydrogen-bond acceptors (Lipinski definition) is 4. The van der Waals surface area contributed by atoms with Gasteiger partial charge in [0, 0.05) is 25.5 Å². The van der Waals surface area contributed by atoms with Gasteiger partial charge in [0.05, 0.1) is 0 Å². The molecule has 1 atom stereocenters. The SMILES string of the molecule is NCCN1C=CC=NC1N. The average Bonchev–Trinajstić information content (AvgIpc) is 1.94. The van der Waals surface area contributed by atoms with Crippen molar-refractivity contribution in [2.75, 3.05) is 13.1 Å². The lowest BCUT2D eigenvalue weighted by molar-refractivity contribution is 0.294. The Morgan fingerprint density at radius 1 is 1.60 bits per heavy atom. The molecule has 0 amide bonds. The van der Waals surface area contributed by atoms with E-state index in [0.717, 1.165) is 6.54 Å². The fourth-order valence-electron chi connectivity index (χ4n) is 0.817. The molecule has 0 aliphatic carbocycles. The zero-order valence-electron chi connectivity index (χ0n) is 5.77. The predicted molar refractivity (Wildman–Crippen MR) is 41.4 cm³/mol. The minimum Gasteiger partial charge on any atom is -0.343 e. The standard InChI is InChI=1S/C6H12N4/c7-2-5-10-4-1-3-9-6(10)8/h1,3-4,6H,2,5,7-8H2. The Bertz CT molecular complexity index is 152. The lowest BCUT2D eigenvalue weighted by atomic mass is 10.4. The molecule has 1 rings (SSSR count). The third-order valence-corrected chi connectivity index (χ3v) is 1.33. The van der Waals surface area contributed by atoms with Crippen LogP contribution in [0.4, 0.5) is 0 Å². The number of nitrogens with two attached hydrogens (primary N) is 2. The van der Waals surface area contributed by atoms with Crippen LogP contribution in [0.3, 0.4) is 0 Å². The van der Waals surface area contributed by atoms with Crippen molar-refractivity contribution in [2.24, 2.45) is 16.5 Å². The van der Waals surface area contributed by atoms with Gasteiger partial charge in [0.1, 0.15) is 0 Å². The van der Waals surface area contributed by atoms with E-state index < -0.39 is 0 Å². The number of hydrogen-bond donors (Lipinski definition) is 2. The first-order valence-corrected chi connectivity index (χ1v) is 3.26. The lowest BCUT2D eigenvalue weighted by Gasteiger charge is -2.25. The third-order valence-electron chi connectivity index (χ3n) is 1.33. The first kappa shape index (κ1) is 7.24. The average molecular weight is 140 g/mol. The van der Waals surface area contributed by atoms with E-state index in [1.165, 1.54) is 0 Å². The number of nitrogens with zero attached hydrogens (tertiary/aromatic N) is 2. The summed E-state index contributed by atoms with van der Waals surface area (Å²) >= 11 is 0. The van der Waals surface area contributed by atoms with Crippen molar-refractivity contribution in [3.05, 3.63) is 12.3 Å². The Balaban J connectivity index is 2.44. The molecule has 0 saturated carbocycles. The molecule has 0 aromatic heterocycles. The molecule has 0 bridgehead atoms. The Morgan fingerprint density at radius 2 is 2.40 bits per heavy atom. The summed E-state index contributed by atoms with van der Waals surface area (Å²) < 4.78 is 0. The van der Waals surface area contributed by atoms with Crippen molar-refractivity contribution in [1.29, 1.82) is 0 Å². The molecular weight excluding hydrogens is 128 g/mol. The maximum absolute atomic E-state index is 5.59. The van der Waals surface area contributed by atoms with Gasteiger partial charge in [0.15, 0.2) is 6.29 Å². The van der Waals surface area contributed by atoms with E-state index in [0.29, 0.717) is 6.54 Å². The van der Waals surface area contributed by atoms with Gasteiger partial charge in [-0.25, -0.2) is 0 Å². The van der Waals surface area contributed by atoms with Crippen LogP contribution >= 0.6 is 0 Å². The van der Waals surface area contributed by atoms with Crippen LogP contribution < -0.4 is 11.5 Å². The van der Waals surface area contributed by atoms with Gasteiger partial charge in [-0.2, -0.15) is 0 Å². The molecule has 1 aliphatic heterocycles. The van der Waals surface area contributed by atoms with E-state index in [4.69, 9.17) is 11.5 Å². The summed E-state index contributed by atoms with van der Waals surface area (Å²) in [6.07, 6.45) is 5.19. The Labute approximate surface area is 60.2 Å². The molecule has 0 aromatic rings. The fourth-order valence-corrected chi connectivity index (χ4v) is 0.817. The molecule has 0 aromatic carbocycles. The Hall–Kier alpha value is -0.870. The molecule has 1 unspecified atom stereocenters. The smallest absolute Gasteiger partial charge is 0.173 e. The highest BCUT2D eigenvalue weighted by Crippen LogP contribution is 1.98. The Morgan fingerprint density at radius 3 is 3.00 bits per heavy atom. The molecular formula is C6H12N4. The first-order chi connectivity index (χ1) is 4.84. The second-order valence-electron chi connectivity index (χ2n) is 2.08. The van der Waals surface area contributed by atoms with Gasteiger partial charge >= 0.3 is 0 Å². The summed E-state index contributed by atoms with van der Waals surface area (Å²) in [6, 6.07) is 0. The number of rotatable bonds is 2. The zero-order chi connectivity index (χ0) is 7.40. The van der Waals surface area contributed by atoms with Crippen LogP contribution in [-0.2, 0) is 0 Å². The van der Waals surface area contributed by atoms with Gasteiger partial charge in [0.25, 0.3) is 0 Å². The first-order valence-electron chi connectivity index (χ1n) is 3.26. The Kier molecular flexibility index (Phi) is 2.42. The van der Waals surface area contributed by atoms with Gasteiger partial charge in [0.2, 0.25) is 0 Å². The molecule has 0 saturated heterocycles. The van der Waals surface area contributed by atoms with Crippen LogP contribution in [-0.4, -0.2) is 30.5 Å². The van der Waals surface area contributed by atoms with Gasteiger partial charge in [-0.15, -0.1) is 0 Å². The quantitative estimate of drug-likeness (QED) is 0.521. The second-order valence-corrected chi connectivity index (χ2v) is 2.08. The van der Waals surface area contributed by atoms with Crippen molar-refractivity contribution in [3.63, 3.8) is 0 Å². The van der Waals surface area contributed by atoms with Gasteiger partial charge in [-0.3, -0.25) is 10.7 Å². The third kappa shape index (κ3) is 1.55. The van der Waals surface area contributed by atoms with Gasteiger partial charge in [-0.1, -0.05) is 0 Å². The maximum Gasteiger partial charge on any atom is 0.173 e. The molecule has 4 heteroatoms. The van der Waals surface area contributed by atoms with E-state index in [2.05, 4.69) is 4.99 Å². The minimum absolute atomic E-state index is 0.242. The summed E-state index contributed by atoms with van der Waals surface area (Å²) in [5, 5.41) is 0. The second kappa shape index (κ2) is 3.34. The predicted octanol–water partition coefficient (Wildman–Crippen LogP) is -0.913. The summed E-state index contributed by atoms with van der Waals surface area (Å²) in [5.41, 5.74) is 10.9.